The van der Waals surface area contributed by atoms with E-state index in [0.29, 0.717) is 6.61 Å². The number of piperazine rings is 1. The summed E-state index contributed by atoms with van der Waals surface area (Å²) in [5.74, 6) is 1.000. The molecule has 1 aliphatic rings. The smallest absolute Gasteiger partial charge is 0.124 e. The molecule has 0 saturated carbocycles. The molecule has 1 N–H and O–H groups in total. The predicted octanol–water partition coefficient (Wildman–Crippen LogP) is 2.67. The number of nitrogens with zero attached hydrogens (tertiary/aromatic N) is 1. The van der Waals surface area contributed by atoms with Gasteiger partial charge in [0.25, 0.3) is 0 Å². The third-order valence-electron chi connectivity index (χ3n) is 3.81. The van der Waals surface area contributed by atoms with Crippen LogP contribution in [0.25, 0.3) is 0 Å². The lowest BCUT2D eigenvalue weighted by molar-refractivity contribution is 0.226. The van der Waals surface area contributed by atoms with E-state index >= 15 is 0 Å². The third kappa shape index (κ3) is 4.06. The summed E-state index contributed by atoms with van der Waals surface area (Å²) >= 11 is 0. The van der Waals surface area contributed by atoms with Crippen molar-refractivity contribution in [3.05, 3.63) is 65.7 Å². The number of ether oxygens (including phenoxy) is 1. The largest absolute Gasteiger partial charge is 0.489 e. The van der Waals surface area contributed by atoms with Gasteiger partial charge in [0.2, 0.25) is 0 Å². The van der Waals surface area contributed by atoms with Gasteiger partial charge in [0.1, 0.15) is 12.4 Å². The minimum absolute atomic E-state index is 0.624. The van der Waals surface area contributed by atoms with E-state index < -0.39 is 0 Å². The average Bonchev–Trinajstić information content (AvgIpc) is 2.56. The first-order valence-electron chi connectivity index (χ1n) is 7.59. The Balaban J connectivity index is 1.64. The van der Waals surface area contributed by atoms with Gasteiger partial charge in [-0.3, -0.25) is 4.90 Å². The summed E-state index contributed by atoms with van der Waals surface area (Å²) in [4.78, 5) is 2.47. The van der Waals surface area contributed by atoms with E-state index in [9.17, 15) is 0 Å². The Labute approximate surface area is 126 Å². The summed E-state index contributed by atoms with van der Waals surface area (Å²) < 4.78 is 6.02. The van der Waals surface area contributed by atoms with Crippen LogP contribution in [0.2, 0.25) is 0 Å². The monoisotopic (exact) mass is 282 g/mol. The normalized spacial score (nSPS) is 15.8. The first-order valence-corrected chi connectivity index (χ1v) is 7.59. The number of benzene rings is 2. The van der Waals surface area contributed by atoms with Crippen LogP contribution in [0.3, 0.4) is 0 Å². The van der Waals surface area contributed by atoms with Crippen molar-refractivity contribution in [2.24, 2.45) is 0 Å². The molecule has 21 heavy (non-hydrogen) atoms. The van der Waals surface area contributed by atoms with Crippen LogP contribution in [-0.2, 0) is 13.2 Å². The molecular weight excluding hydrogens is 260 g/mol. The van der Waals surface area contributed by atoms with Crippen molar-refractivity contribution in [1.29, 1.82) is 0 Å². The van der Waals surface area contributed by atoms with E-state index in [1.807, 2.05) is 24.3 Å². The summed E-state index contributed by atoms with van der Waals surface area (Å²) in [6.07, 6.45) is 0. The van der Waals surface area contributed by atoms with Crippen molar-refractivity contribution in [3.8, 4) is 5.75 Å². The van der Waals surface area contributed by atoms with Crippen LogP contribution in [0.1, 0.15) is 11.1 Å². The molecule has 110 valence electrons. The zero-order valence-corrected chi connectivity index (χ0v) is 12.3. The molecule has 1 fully saturated rings. The molecule has 0 atom stereocenters. The summed E-state index contributed by atoms with van der Waals surface area (Å²) in [5.41, 5.74) is 2.48. The van der Waals surface area contributed by atoms with Crippen LogP contribution in [0.5, 0.6) is 5.75 Å². The second-order valence-electron chi connectivity index (χ2n) is 5.41. The van der Waals surface area contributed by atoms with Crippen molar-refractivity contribution >= 4 is 0 Å². The number of hydrogen-bond donors (Lipinski definition) is 1. The lowest BCUT2D eigenvalue weighted by Crippen LogP contribution is -2.42. The van der Waals surface area contributed by atoms with E-state index in [1.54, 1.807) is 0 Å². The summed E-state index contributed by atoms with van der Waals surface area (Å²) in [6, 6.07) is 18.7. The maximum Gasteiger partial charge on any atom is 0.124 e. The topological polar surface area (TPSA) is 24.5 Å². The van der Waals surface area contributed by atoms with Crippen LogP contribution >= 0.6 is 0 Å². The van der Waals surface area contributed by atoms with Gasteiger partial charge in [0, 0.05) is 38.3 Å². The molecule has 3 rings (SSSR count). The second-order valence-corrected chi connectivity index (χ2v) is 5.41. The molecule has 1 aliphatic heterocycles. The molecule has 0 unspecified atom stereocenters. The quantitative estimate of drug-likeness (QED) is 0.912. The van der Waals surface area contributed by atoms with Crippen LogP contribution < -0.4 is 10.1 Å². The van der Waals surface area contributed by atoms with Gasteiger partial charge >= 0.3 is 0 Å². The molecule has 3 heteroatoms. The number of nitrogens with one attached hydrogen (secondary N) is 1. The standard InChI is InChI=1S/C18H22N2O/c1-2-6-16(7-3-1)15-21-18-9-5-4-8-17(18)14-20-12-10-19-11-13-20/h1-9,19H,10-15H2. The van der Waals surface area contributed by atoms with Gasteiger partial charge in [-0.2, -0.15) is 0 Å². The lowest BCUT2D eigenvalue weighted by Gasteiger charge is -2.27. The number of rotatable bonds is 5. The Kier molecular flexibility index (Phi) is 4.87. The number of hydrogen-bond acceptors (Lipinski definition) is 3. The SMILES string of the molecule is c1ccc(COc2ccccc2CN2CCNCC2)cc1. The maximum atomic E-state index is 6.02. The molecule has 0 aromatic heterocycles. The Morgan fingerprint density at radius 1 is 0.905 bits per heavy atom. The third-order valence-corrected chi connectivity index (χ3v) is 3.81. The molecule has 0 amide bonds. The van der Waals surface area contributed by atoms with Gasteiger partial charge < -0.3 is 10.1 Å². The van der Waals surface area contributed by atoms with E-state index in [0.717, 1.165) is 38.5 Å². The number of para-hydroxylation sites is 1. The Hall–Kier alpha value is -1.84. The van der Waals surface area contributed by atoms with Gasteiger partial charge in [0.05, 0.1) is 0 Å². The van der Waals surface area contributed by atoms with Crippen molar-refractivity contribution in [2.75, 3.05) is 26.2 Å². The maximum absolute atomic E-state index is 6.02. The summed E-state index contributed by atoms with van der Waals surface area (Å²) in [6.45, 7) is 5.95. The molecule has 0 aliphatic carbocycles. The van der Waals surface area contributed by atoms with Crippen molar-refractivity contribution in [3.63, 3.8) is 0 Å². The highest BCUT2D eigenvalue weighted by atomic mass is 16.5. The van der Waals surface area contributed by atoms with E-state index in [-0.39, 0.29) is 0 Å². The molecular formula is C18H22N2O. The fourth-order valence-corrected chi connectivity index (χ4v) is 2.62. The molecule has 2 aromatic carbocycles. The highest BCUT2D eigenvalue weighted by molar-refractivity contribution is 5.33. The van der Waals surface area contributed by atoms with Crippen molar-refractivity contribution < 1.29 is 4.74 Å². The van der Waals surface area contributed by atoms with Gasteiger partial charge in [-0.25, -0.2) is 0 Å². The van der Waals surface area contributed by atoms with Gasteiger partial charge in [-0.15, -0.1) is 0 Å². The van der Waals surface area contributed by atoms with Crippen molar-refractivity contribution in [2.45, 2.75) is 13.2 Å². The Morgan fingerprint density at radius 3 is 2.43 bits per heavy atom. The van der Waals surface area contributed by atoms with E-state index in [1.165, 1.54) is 11.1 Å². The zero-order valence-electron chi connectivity index (χ0n) is 12.3. The van der Waals surface area contributed by atoms with Crippen LogP contribution in [-0.4, -0.2) is 31.1 Å². The van der Waals surface area contributed by atoms with E-state index in [4.69, 9.17) is 4.74 Å². The first-order chi connectivity index (χ1) is 10.4. The second kappa shape index (κ2) is 7.25. The molecule has 0 spiro atoms. The van der Waals surface area contributed by atoms with Crippen LogP contribution in [0, 0.1) is 0 Å². The molecule has 0 bridgehead atoms. The van der Waals surface area contributed by atoms with Crippen molar-refractivity contribution in [1.82, 2.24) is 10.2 Å². The fraction of sp³-hybridized carbons (Fsp3) is 0.333. The predicted molar refractivity (Wildman–Crippen MR) is 85.4 cm³/mol. The van der Waals surface area contributed by atoms with Gasteiger partial charge in [-0.1, -0.05) is 48.5 Å². The lowest BCUT2D eigenvalue weighted by atomic mass is 10.1. The van der Waals surface area contributed by atoms with Gasteiger partial charge in [0.15, 0.2) is 0 Å². The zero-order chi connectivity index (χ0) is 14.3. The minimum Gasteiger partial charge on any atom is -0.489 e. The highest BCUT2D eigenvalue weighted by Crippen LogP contribution is 2.21. The Morgan fingerprint density at radius 2 is 1.62 bits per heavy atom. The minimum atomic E-state index is 0.624. The van der Waals surface area contributed by atoms with Crippen LogP contribution in [0.15, 0.2) is 54.6 Å². The van der Waals surface area contributed by atoms with Crippen LogP contribution in [0.4, 0.5) is 0 Å². The first kappa shape index (κ1) is 14.1. The van der Waals surface area contributed by atoms with Gasteiger partial charge in [-0.05, 0) is 11.6 Å². The average molecular weight is 282 g/mol. The fourth-order valence-electron chi connectivity index (χ4n) is 2.62. The summed E-state index contributed by atoms with van der Waals surface area (Å²) in [7, 11) is 0. The van der Waals surface area contributed by atoms with E-state index in [2.05, 4.69) is 40.5 Å². The molecule has 1 saturated heterocycles. The summed E-state index contributed by atoms with van der Waals surface area (Å²) in [5, 5.41) is 3.39. The molecule has 1 heterocycles. The Bertz CT molecular complexity index is 550. The molecule has 0 radical (unpaired) electrons. The highest BCUT2D eigenvalue weighted by Gasteiger charge is 2.12. The molecule has 3 nitrogen and oxygen atoms in total. The molecule has 2 aromatic rings.